The fourth-order valence-corrected chi connectivity index (χ4v) is 1.05. The predicted molar refractivity (Wildman–Crippen MR) is 51.8 cm³/mol. The van der Waals surface area contributed by atoms with Gasteiger partial charge in [0.25, 0.3) is 0 Å². The first-order chi connectivity index (χ1) is 6.83. The monoisotopic (exact) mass is 197 g/mol. The van der Waals surface area contributed by atoms with Crippen LogP contribution in [0.15, 0.2) is 12.5 Å². The summed E-state index contributed by atoms with van der Waals surface area (Å²) in [6.45, 7) is 1.12. The van der Waals surface area contributed by atoms with Crippen LogP contribution in [-0.4, -0.2) is 36.1 Å². The van der Waals surface area contributed by atoms with Crippen molar-refractivity contribution >= 4 is 5.91 Å². The summed E-state index contributed by atoms with van der Waals surface area (Å²) in [7, 11) is 1.61. The second-order valence-corrected chi connectivity index (χ2v) is 2.92. The first-order valence-electron chi connectivity index (χ1n) is 4.56. The number of nitrogens with zero attached hydrogens (tertiary/aromatic N) is 1. The van der Waals surface area contributed by atoms with E-state index in [-0.39, 0.29) is 5.91 Å². The molecule has 0 aromatic carbocycles. The molecule has 0 fully saturated rings. The zero-order valence-corrected chi connectivity index (χ0v) is 8.25. The summed E-state index contributed by atoms with van der Waals surface area (Å²) in [5, 5.41) is 2.75. The molecule has 0 bridgehead atoms. The van der Waals surface area contributed by atoms with Gasteiger partial charge in [-0.25, -0.2) is 4.98 Å². The SMILES string of the molecule is COCCNC(=O)CCc1cnc[nH]1. The highest BCUT2D eigenvalue weighted by atomic mass is 16.5. The van der Waals surface area contributed by atoms with E-state index in [0.29, 0.717) is 26.0 Å². The van der Waals surface area contributed by atoms with E-state index in [1.807, 2.05) is 0 Å². The van der Waals surface area contributed by atoms with E-state index >= 15 is 0 Å². The van der Waals surface area contributed by atoms with Gasteiger partial charge < -0.3 is 15.0 Å². The Kier molecular flexibility index (Phi) is 4.71. The molecule has 0 unspecified atom stereocenters. The molecule has 0 aliphatic rings. The number of carbonyl (C=O) groups is 1. The van der Waals surface area contributed by atoms with E-state index in [2.05, 4.69) is 15.3 Å². The lowest BCUT2D eigenvalue weighted by Crippen LogP contribution is -2.27. The summed E-state index contributed by atoms with van der Waals surface area (Å²) in [6.07, 6.45) is 4.51. The van der Waals surface area contributed by atoms with Crippen molar-refractivity contribution in [2.45, 2.75) is 12.8 Å². The number of nitrogens with one attached hydrogen (secondary N) is 2. The van der Waals surface area contributed by atoms with Crippen LogP contribution in [-0.2, 0) is 16.0 Å². The number of aromatic nitrogens is 2. The highest BCUT2D eigenvalue weighted by molar-refractivity contribution is 5.76. The van der Waals surface area contributed by atoms with Crippen LogP contribution in [0.3, 0.4) is 0 Å². The number of imidazole rings is 1. The third-order valence-corrected chi connectivity index (χ3v) is 1.80. The lowest BCUT2D eigenvalue weighted by atomic mass is 10.2. The summed E-state index contributed by atoms with van der Waals surface area (Å²) in [4.78, 5) is 18.0. The van der Waals surface area contributed by atoms with Gasteiger partial charge in [-0.1, -0.05) is 0 Å². The molecular weight excluding hydrogens is 182 g/mol. The maximum Gasteiger partial charge on any atom is 0.220 e. The maximum absolute atomic E-state index is 11.2. The van der Waals surface area contributed by atoms with Gasteiger partial charge in [0, 0.05) is 32.0 Å². The minimum Gasteiger partial charge on any atom is -0.383 e. The molecule has 1 rings (SSSR count). The lowest BCUT2D eigenvalue weighted by Gasteiger charge is -2.02. The average Bonchev–Trinajstić information content (AvgIpc) is 2.68. The van der Waals surface area contributed by atoms with Gasteiger partial charge in [-0.05, 0) is 6.42 Å². The molecule has 2 N–H and O–H groups in total. The Hall–Kier alpha value is -1.36. The minimum absolute atomic E-state index is 0.0386. The number of methoxy groups -OCH3 is 1. The topological polar surface area (TPSA) is 67.0 Å². The van der Waals surface area contributed by atoms with Crippen LogP contribution in [0.2, 0.25) is 0 Å². The molecule has 0 spiro atoms. The number of aromatic amines is 1. The number of carbonyl (C=O) groups excluding carboxylic acids is 1. The van der Waals surface area contributed by atoms with E-state index in [9.17, 15) is 4.79 Å². The molecule has 5 nitrogen and oxygen atoms in total. The van der Waals surface area contributed by atoms with Crippen molar-refractivity contribution in [1.82, 2.24) is 15.3 Å². The summed E-state index contributed by atoms with van der Waals surface area (Å²) < 4.78 is 4.81. The third kappa shape index (κ3) is 4.04. The molecule has 0 saturated carbocycles. The standard InChI is InChI=1S/C9H15N3O2/c1-14-5-4-11-9(13)3-2-8-6-10-7-12-8/h6-7H,2-5H2,1H3,(H,10,12)(H,11,13). The van der Waals surface area contributed by atoms with E-state index in [4.69, 9.17) is 4.74 Å². The number of aryl methyl sites for hydroxylation is 1. The molecule has 0 aliphatic carbocycles. The van der Waals surface area contributed by atoms with Crippen molar-refractivity contribution in [3.05, 3.63) is 18.2 Å². The van der Waals surface area contributed by atoms with Crippen molar-refractivity contribution in [3.8, 4) is 0 Å². The van der Waals surface area contributed by atoms with E-state index < -0.39 is 0 Å². The summed E-state index contributed by atoms with van der Waals surface area (Å²) in [5.41, 5.74) is 0.979. The smallest absolute Gasteiger partial charge is 0.220 e. The van der Waals surface area contributed by atoms with Crippen LogP contribution >= 0.6 is 0 Å². The number of amides is 1. The first-order valence-corrected chi connectivity index (χ1v) is 4.56. The number of hydrogen-bond donors (Lipinski definition) is 2. The molecule has 14 heavy (non-hydrogen) atoms. The molecule has 1 heterocycles. The molecule has 0 radical (unpaired) electrons. The molecule has 0 aliphatic heterocycles. The second-order valence-electron chi connectivity index (χ2n) is 2.92. The van der Waals surface area contributed by atoms with Crippen LogP contribution in [0.5, 0.6) is 0 Å². The van der Waals surface area contributed by atoms with Crippen LogP contribution in [0.25, 0.3) is 0 Å². The fourth-order valence-electron chi connectivity index (χ4n) is 1.05. The predicted octanol–water partition coefficient (Wildman–Crippen LogP) is 0.105. The number of rotatable bonds is 6. The van der Waals surface area contributed by atoms with Crippen LogP contribution in [0, 0.1) is 0 Å². The maximum atomic E-state index is 11.2. The zero-order valence-electron chi connectivity index (χ0n) is 8.25. The summed E-state index contributed by atoms with van der Waals surface area (Å²) in [6, 6.07) is 0. The van der Waals surface area contributed by atoms with Crippen molar-refractivity contribution in [2.24, 2.45) is 0 Å². The quantitative estimate of drug-likeness (QED) is 0.636. The molecule has 78 valence electrons. The van der Waals surface area contributed by atoms with Crippen molar-refractivity contribution < 1.29 is 9.53 Å². The Bertz CT molecular complexity index is 259. The Morgan fingerprint density at radius 2 is 2.57 bits per heavy atom. The van der Waals surface area contributed by atoms with Gasteiger partial charge in [0.15, 0.2) is 0 Å². The number of hydrogen-bond acceptors (Lipinski definition) is 3. The summed E-state index contributed by atoms with van der Waals surface area (Å²) in [5.74, 6) is 0.0386. The molecule has 1 aromatic rings. The molecule has 0 saturated heterocycles. The van der Waals surface area contributed by atoms with Crippen molar-refractivity contribution in [1.29, 1.82) is 0 Å². The van der Waals surface area contributed by atoms with Gasteiger partial charge in [-0.3, -0.25) is 4.79 Å². The van der Waals surface area contributed by atoms with Crippen molar-refractivity contribution in [2.75, 3.05) is 20.3 Å². The van der Waals surface area contributed by atoms with E-state index in [1.165, 1.54) is 0 Å². The molecule has 0 atom stereocenters. The number of H-pyrrole nitrogens is 1. The Morgan fingerprint density at radius 3 is 3.21 bits per heavy atom. The van der Waals surface area contributed by atoms with E-state index in [1.54, 1.807) is 19.6 Å². The van der Waals surface area contributed by atoms with Gasteiger partial charge in [0.2, 0.25) is 5.91 Å². The molecular formula is C9H15N3O2. The third-order valence-electron chi connectivity index (χ3n) is 1.80. The second kappa shape index (κ2) is 6.15. The minimum atomic E-state index is 0.0386. The van der Waals surface area contributed by atoms with Crippen LogP contribution in [0.1, 0.15) is 12.1 Å². The Morgan fingerprint density at radius 1 is 1.71 bits per heavy atom. The molecule has 5 heteroatoms. The Balaban J connectivity index is 2.09. The van der Waals surface area contributed by atoms with Gasteiger partial charge in [-0.15, -0.1) is 0 Å². The van der Waals surface area contributed by atoms with E-state index in [0.717, 1.165) is 5.69 Å². The normalized spacial score (nSPS) is 10.1. The lowest BCUT2D eigenvalue weighted by molar-refractivity contribution is -0.121. The number of ether oxygens (including phenoxy) is 1. The van der Waals surface area contributed by atoms with Gasteiger partial charge in [0.1, 0.15) is 0 Å². The van der Waals surface area contributed by atoms with Crippen molar-refractivity contribution in [3.63, 3.8) is 0 Å². The summed E-state index contributed by atoms with van der Waals surface area (Å²) >= 11 is 0. The van der Waals surface area contributed by atoms with Gasteiger partial charge >= 0.3 is 0 Å². The van der Waals surface area contributed by atoms with Crippen LogP contribution in [0.4, 0.5) is 0 Å². The van der Waals surface area contributed by atoms with Gasteiger partial charge in [0.05, 0.1) is 12.9 Å². The van der Waals surface area contributed by atoms with Crippen LogP contribution < -0.4 is 5.32 Å². The highest BCUT2D eigenvalue weighted by Gasteiger charge is 2.01. The average molecular weight is 197 g/mol. The highest BCUT2D eigenvalue weighted by Crippen LogP contribution is 1.96. The fraction of sp³-hybridized carbons (Fsp3) is 0.556. The zero-order chi connectivity index (χ0) is 10.2. The molecule has 1 aromatic heterocycles. The largest absolute Gasteiger partial charge is 0.383 e. The molecule has 1 amide bonds. The Labute approximate surface area is 82.9 Å². The van der Waals surface area contributed by atoms with Gasteiger partial charge in [-0.2, -0.15) is 0 Å². The first kappa shape index (κ1) is 10.7.